The summed E-state index contributed by atoms with van der Waals surface area (Å²) in [4.78, 5) is 22.5. The van der Waals surface area contributed by atoms with E-state index in [1.54, 1.807) is 6.07 Å². The van der Waals surface area contributed by atoms with E-state index in [1.165, 1.54) is 11.3 Å². The van der Waals surface area contributed by atoms with E-state index in [2.05, 4.69) is 10.3 Å². The van der Waals surface area contributed by atoms with Gasteiger partial charge in [-0.05, 0) is 61.5 Å². The van der Waals surface area contributed by atoms with Crippen molar-refractivity contribution < 1.29 is 9.53 Å². The number of pyridine rings is 1. The SMILES string of the molecule is CCOc1ccc(-c2cc(C(=O)Nc3nc4ccc(Cl)cc4s3)c3ccccc3n2)cc1. The topological polar surface area (TPSA) is 64.1 Å². The maximum atomic E-state index is 13.3. The summed E-state index contributed by atoms with van der Waals surface area (Å²) in [5.41, 5.74) is 3.71. The summed E-state index contributed by atoms with van der Waals surface area (Å²) in [6, 6.07) is 22.6. The summed E-state index contributed by atoms with van der Waals surface area (Å²) >= 11 is 7.46. The number of thiazole rings is 1. The number of hydrogen-bond donors (Lipinski definition) is 1. The lowest BCUT2D eigenvalue weighted by molar-refractivity contribution is 0.102. The van der Waals surface area contributed by atoms with Crippen LogP contribution in [-0.2, 0) is 0 Å². The summed E-state index contributed by atoms with van der Waals surface area (Å²) in [7, 11) is 0. The first-order valence-corrected chi connectivity index (χ1v) is 11.3. The Bertz CT molecular complexity index is 1450. The van der Waals surface area contributed by atoms with Crippen LogP contribution in [0.2, 0.25) is 5.02 Å². The highest BCUT2D eigenvalue weighted by molar-refractivity contribution is 7.22. The molecule has 0 aliphatic heterocycles. The molecule has 0 unspecified atom stereocenters. The number of halogens is 1. The number of para-hydroxylation sites is 1. The van der Waals surface area contributed by atoms with Crippen molar-refractivity contribution in [2.45, 2.75) is 6.92 Å². The zero-order chi connectivity index (χ0) is 22.1. The fourth-order valence-electron chi connectivity index (χ4n) is 3.52. The second-order valence-corrected chi connectivity index (χ2v) is 8.58. The molecular formula is C25H18ClN3O2S. The average Bonchev–Trinajstić information content (AvgIpc) is 3.20. The normalized spacial score (nSPS) is 11.1. The standard InChI is InChI=1S/C25H18ClN3O2S/c1-2-31-17-10-7-15(8-11-17)22-14-19(18-5-3-4-6-20(18)27-22)24(30)29-25-28-21-12-9-16(26)13-23(21)32-25/h3-14H,2H2,1H3,(H,28,29,30). The Hall–Kier alpha value is -3.48. The van der Waals surface area contributed by atoms with E-state index in [-0.39, 0.29) is 5.91 Å². The number of carbonyl (C=O) groups excluding carboxylic acids is 1. The average molecular weight is 460 g/mol. The molecule has 0 bridgehead atoms. The minimum absolute atomic E-state index is 0.235. The molecule has 0 saturated carbocycles. The van der Waals surface area contributed by atoms with E-state index < -0.39 is 0 Å². The van der Waals surface area contributed by atoms with E-state index in [0.29, 0.717) is 28.0 Å². The van der Waals surface area contributed by atoms with Crippen LogP contribution in [0, 0.1) is 0 Å². The molecule has 0 spiro atoms. The molecule has 0 atom stereocenters. The first kappa shape index (κ1) is 20.4. The van der Waals surface area contributed by atoms with Gasteiger partial charge in [0.25, 0.3) is 5.91 Å². The van der Waals surface area contributed by atoms with Crippen LogP contribution in [0.1, 0.15) is 17.3 Å². The molecule has 158 valence electrons. The van der Waals surface area contributed by atoms with Crippen LogP contribution in [0.15, 0.2) is 72.8 Å². The largest absolute Gasteiger partial charge is 0.494 e. The van der Waals surface area contributed by atoms with Gasteiger partial charge in [-0.3, -0.25) is 10.1 Å². The Morgan fingerprint density at radius 1 is 1.00 bits per heavy atom. The molecule has 2 aromatic heterocycles. The summed E-state index contributed by atoms with van der Waals surface area (Å²) in [6.45, 7) is 2.56. The number of aromatic nitrogens is 2. The summed E-state index contributed by atoms with van der Waals surface area (Å²) < 4.78 is 6.45. The van der Waals surface area contributed by atoms with Crippen LogP contribution >= 0.6 is 22.9 Å². The lowest BCUT2D eigenvalue weighted by Crippen LogP contribution is -2.13. The molecule has 5 nitrogen and oxygen atoms in total. The molecular weight excluding hydrogens is 442 g/mol. The van der Waals surface area contributed by atoms with Gasteiger partial charge in [-0.1, -0.05) is 41.1 Å². The molecule has 0 aliphatic carbocycles. The maximum absolute atomic E-state index is 13.3. The van der Waals surface area contributed by atoms with Crippen molar-refractivity contribution >= 4 is 55.1 Å². The highest BCUT2D eigenvalue weighted by Gasteiger charge is 2.16. The molecule has 0 aliphatic rings. The van der Waals surface area contributed by atoms with Gasteiger partial charge >= 0.3 is 0 Å². The van der Waals surface area contributed by atoms with Gasteiger partial charge in [-0.25, -0.2) is 9.97 Å². The minimum Gasteiger partial charge on any atom is -0.494 e. The van der Waals surface area contributed by atoms with Gasteiger partial charge in [0.1, 0.15) is 5.75 Å². The Labute approximate surface area is 193 Å². The van der Waals surface area contributed by atoms with Crippen molar-refractivity contribution in [3.63, 3.8) is 0 Å². The number of benzene rings is 3. The first-order chi connectivity index (χ1) is 15.6. The number of amides is 1. The third-order valence-corrected chi connectivity index (χ3v) is 6.16. The molecule has 0 fully saturated rings. The Morgan fingerprint density at radius 3 is 2.62 bits per heavy atom. The van der Waals surface area contributed by atoms with Gasteiger partial charge in [0.2, 0.25) is 0 Å². The van der Waals surface area contributed by atoms with Crippen LogP contribution in [-0.4, -0.2) is 22.5 Å². The lowest BCUT2D eigenvalue weighted by Gasteiger charge is -2.10. The Kier molecular flexibility index (Phi) is 5.47. The molecule has 7 heteroatoms. The molecule has 0 radical (unpaired) electrons. The Morgan fingerprint density at radius 2 is 1.81 bits per heavy atom. The van der Waals surface area contributed by atoms with Crippen LogP contribution in [0.25, 0.3) is 32.4 Å². The van der Waals surface area contributed by atoms with Gasteiger partial charge in [0.15, 0.2) is 5.13 Å². The van der Waals surface area contributed by atoms with Crippen molar-refractivity contribution in [1.82, 2.24) is 9.97 Å². The summed E-state index contributed by atoms with van der Waals surface area (Å²) in [5, 5.41) is 4.88. The second kappa shape index (κ2) is 8.57. The second-order valence-electron chi connectivity index (χ2n) is 7.11. The Balaban J connectivity index is 1.53. The monoisotopic (exact) mass is 459 g/mol. The molecule has 2 heterocycles. The number of ether oxygens (including phenoxy) is 1. The fraction of sp³-hybridized carbons (Fsp3) is 0.0800. The van der Waals surface area contributed by atoms with Crippen molar-refractivity contribution in [3.05, 3.63) is 83.4 Å². The highest BCUT2D eigenvalue weighted by Crippen LogP contribution is 2.30. The fourth-order valence-corrected chi connectivity index (χ4v) is 4.65. The van der Waals surface area contributed by atoms with E-state index >= 15 is 0 Å². The van der Waals surface area contributed by atoms with Crippen LogP contribution in [0.4, 0.5) is 5.13 Å². The predicted octanol–water partition coefficient (Wildman–Crippen LogP) is 6.82. The third kappa shape index (κ3) is 4.02. The van der Waals surface area contributed by atoms with Crippen molar-refractivity contribution in [3.8, 4) is 17.0 Å². The number of rotatable bonds is 5. The van der Waals surface area contributed by atoms with Gasteiger partial charge in [0, 0.05) is 16.0 Å². The van der Waals surface area contributed by atoms with Crippen molar-refractivity contribution in [2.75, 3.05) is 11.9 Å². The van der Waals surface area contributed by atoms with Gasteiger partial charge in [-0.15, -0.1) is 0 Å². The zero-order valence-corrected chi connectivity index (χ0v) is 18.7. The molecule has 5 rings (SSSR count). The smallest absolute Gasteiger partial charge is 0.258 e. The van der Waals surface area contributed by atoms with Crippen LogP contribution < -0.4 is 10.1 Å². The molecule has 32 heavy (non-hydrogen) atoms. The van der Waals surface area contributed by atoms with Crippen molar-refractivity contribution in [2.24, 2.45) is 0 Å². The molecule has 1 amide bonds. The van der Waals surface area contributed by atoms with Crippen molar-refractivity contribution in [1.29, 1.82) is 0 Å². The molecule has 0 saturated heterocycles. The number of fused-ring (bicyclic) bond motifs is 2. The van der Waals surface area contributed by atoms with Gasteiger partial charge in [0.05, 0.1) is 33.6 Å². The van der Waals surface area contributed by atoms with E-state index in [0.717, 1.165) is 32.4 Å². The van der Waals surface area contributed by atoms with E-state index in [9.17, 15) is 4.79 Å². The number of hydrogen-bond acceptors (Lipinski definition) is 5. The number of carbonyl (C=O) groups is 1. The van der Waals surface area contributed by atoms with Crippen LogP contribution in [0.3, 0.4) is 0 Å². The summed E-state index contributed by atoms with van der Waals surface area (Å²) in [5.74, 6) is 0.562. The quantitative estimate of drug-likeness (QED) is 0.313. The number of nitrogens with zero attached hydrogens (tertiary/aromatic N) is 2. The minimum atomic E-state index is -0.235. The lowest BCUT2D eigenvalue weighted by atomic mass is 10.0. The first-order valence-electron chi connectivity index (χ1n) is 10.1. The number of anilines is 1. The maximum Gasteiger partial charge on any atom is 0.258 e. The molecule has 3 aromatic carbocycles. The highest BCUT2D eigenvalue weighted by atomic mass is 35.5. The van der Waals surface area contributed by atoms with E-state index in [1.807, 2.05) is 73.7 Å². The molecule has 5 aromatic rings. The zero-order valence-electron chi connectivity index (χ0n) is 17.1. The van der Waals surface area contributed by atoms with E-state index in [4.69, 9.17) is 21.3 Å². The third-order valence-electron chi connectivity index (χ3n) is 4.99. The summed E-state index contributed by atoms with van der Waals surface area (Å²) in [6.07, 6.45) is 0. The van der Waals surface area contributed by atoms with Crippen LogP contribution in [0.5, 0.6) is 5.75 Å². The van der Waals surface area contributed by atoms with Gasteiger partial charge < -0.3 is 4.74 Å². The predicted molar refractivity (Wildman–Crippen MR) is 131 cm³/mol. The molecule has 1 N–H and O–H groups in total. The number of nitrogens with one attached hydrogen (secondary N) is 1. The van der Waals surface area contributed by atoms with Gasteiger partial charge in [-0.2, -0.15) is 0 Å².